The molecule has 0 aliphatic carbocycles. The maximum atomic E-state index is 10.0. The maximum Gasteiger partial charge on any atom is 0.328 e. The van der Waals surface area contributed by atoms with E-state index in [0.717, 1.165) is 25.3 Å². The summed E-state index contributed by atoms with van der Waals surface area (Å²) >= 11 is 0. The van der Waals surface area contributed by atoms with Crippen molar-refractivity contribution < 1.29 is 15.0 Å². The van der Waals surface area contributed by atoms with Crippen molar-refractivity contribution in [3.63, 3.8) is 0 Å². The van der Waals surface area contributed by atoms with Crippen molar-refractivity contribution >= 4 is 5.97 Å². The van der Waals surface area contributed by atoms with E-state index in [1.165, 1.54) is 6.08 Å². The van der Waals surface area contributed by atoms with Gasteiger partial charge in [0, 0.05) is 6.08 Å². The van der Waals surface area contributed by atoms with Gasteiger partial charge < -0.3 is 10.2 Å². The molecule has 13 heavy (non-hydrogen) atoms. The third-order valence-corrected chi connectivity index (χ3v) is 1.48. The van der Waals surface area contributed by atoms with Crippen LogP contribution in [-0.2, 0) is 4.79 Å². The van der Waals surface area contributed by atoms with E-state index in [2.05, 4.69) is 0 Å². The number of aliphatic carboxylic acids is 1. The lowest BCUT2D eigenvalue weighted by Crippen LogP contribution is -1.97. The lowest BCUT2D eigenvalue weighted by Gasteiger charge is -1.99. The first-order valence-electron chi connectivity index (χ1n) is 4.37. The summed E-state index contributed by atoms with van der Waals surface area (Å²) in [4.78, 5) is 10.0. The number of aliphatic hydroxyl groups is 1. The van der Waals surface area contributed by atoms with Crippen LogP contribution in [0.15, 0.2) is 24.3 Å². The van der Waals surface area contributed by atoms with Gasteiger partial charge in [0.25, 0.3) is 0 Å². The Bertz CT molecular complexity index is 192. The van der Waals surface area contributed by atoms with Gasteiger partial charge >= 0.3 is 5.97 Å². The lowest BCUT2D eigenvalue weighted by molar-refractivity contribution is -0.131. The Morgan fingerprint density at radius 1 is 1.46 bits per heavy atom. The predicted octanol–water partition coefficient (Wildman–Crippen LogP) is 1.73. The van der Waals surface area contributed by atoms with Crippen LogP contribution in [0.2, 0.25) is 0 Å². The van der Waals surface area contributed by atoms with Gasteiger partial charge in [-0.25, -0.2) is 4.79 Å². The normalized spacial score (nSPS) is 14.0. The first-order chi connectivity index (χ1) is 6.13. The molecule has 0 fully saturated rings. The van der Waals surface area contributed by atoms with E-state index >= 15 is 0 Å². The molecule has 3 nitrogen and oxygen atoms in total. The fourth-order valence-corrected chi connectivity index (χ4v) is 0.844. The zero-order valence-corrected chi connectivity index (χ0v) is 7.81. The Morgan fingerprint density at radius 3 is 2.69 bits per heavy atom. The molecular weight excluding hydrogens is 168 g/mol. The summed E-state index contributed by atoms with van der Waals surface area (Å²) in [7, 11) is 0. The van der Waals surface area contributed by atoms with Crippen LogP contribution in [0, 0.1) is 0 Å². The van der Waals surface area contributed by atoms with E-state index in [0.29, 0.717) is 0 Å². The van der Waals surface area contributed by atoms with Crippen molar-refractivity contribution in [3.8, 4) is 0 Å². The third-order valence-electron chi connectivity index (χ3n) is 1.48. The summed E-state index contributed by atoms with van der Waals surface area (Å²) in [5.41, 5.74) is 0. The first-order valence-corrected chi connectivity index (χ1v) is 4.37. The minimum Gasteiger partial charge on any atom is -0.478 e. The molecule has 0 aliphatic heterocycles. The summed E-state index contributed by atoms with van der Waals surface area (Å²) in [6, 6.07) is 0. The molecule has 0 aromatic heterocycles. The number of unbranched alkanes of at least 4 members (excludes halogenated alkanes) is 1. The van der Waals surface area contributed by atoms with Gasteiger partial charge in [-0.2, -0.15) is 0 Å². The zero-order valence-electron chi connectivity index (χ0n) is 7.81. The highest BCUT2D eigenvalue weighted by Crippen LogP contribution is 2.00. The number of allylic oxidation sites excluding steroid dienone is 3. The van der Waals surface area contributed by atoms with Crippen LogP contribution in [0.1, 0.15) is 26.2 Å². The summed E-state index contributed by atoms with van der Waals surface area (Å²) in [5.74, 6) is -0.936. The first kappa shape index (κ1) is 11.9. The molecule has 0 spiro atoms. The summed E-state index contributed by atoms with van der Waals surface area (Å²) in [6.45, 7) is 1.76. The third kappa shape index (κ3) is 10.9. The topological polar surface area (TPSA) is 57.5 Å². The van der Waals surface area contributed by atoms with Crippen molar-refractivity contribution in [1.82, 2.24) is 0 Å². The highest BCUT2D eigenvalue weighted by atomic mass is 16.4. The molecule has 0 aliphatic rings. The number of hydrogen-bond donors (Lipinski definition) is 2. The van der Waals surface area contributed by atoms with Crippen molar-refractivity contribution in [3.05, 3.63) is 24.3 Å². The molecule has 0 saturated carbocycles. The van der Waals surface area contributed by atoms with Crippen LogP contribution in [-0.4, -0.2) is 22.3 Å². The standard InChI is InChI=1S/C10H16O3/c1-9(11)7-5-3-2-4-6-8-10(12)13/h2,4,6,8-9,11H,3,5,7H2,1H3,(H,12,13)/b4-2+,8-6+/t9-/m1/s1. The Morgan fingerprint density at radius 2 is 2.15 bits per heavy atom. The SMILES string of the molecule is C[C@@H](O)CCC/C=C/C=C/C(=O)O. The molecular formula is C10H16O3. The molecule has 0 radical (unpaired) electrons. The Hall–Kier alpha value is -1.09. The molecule has 0 saturated heterocycles. The largest absolute Gasteiger partial charge is 0.478 e. The minimum absolute atomic E-state index is 0.247. The molecule has 0 heterocycles. The quantitative estimate of drug-likeness (QED) is 0.375. The highest BCUT2D eigenvalue weighted by Gasteiger charge is 1.91. The van der Waals surface area contributed by atoms with Crippen LogP contribution < -0.4 is 0 Å². The Labute approximate surface area is 78.4 Å². The van der Waals surface area contributed by atoms with Gasteiger partial charge in [0.15, 0.2) is 0 Å². The second-order valence-corrected chi connectivity index (χ2v) is 2.91. The molecule has 0 aromatic carbocycles. The molecule has 0 bridgehead atoms. The number of carbonyl (C=O) groups is 1. The van der Waals surface area contributed by atoms with Gasteiger partial charge in [-0.1, -0.05) is 18.2 Å². The van der Waals surface area contributed by atoms with Gasteiger partial charge in [-0.15, -0.1) is 0 Å². The number of aliphatic hydroxyl groups excluding tert-OH is 1. The van der Waals surface area contributed by atoms with E-state index in [1.54, 1.807) is 13.0 Å². The second-order valence-electron chi connectivity index (χ2n) is 2.91. The van der Waals surface area contributed by atoms with Gasteiger partial charge in [0.2, 0.25) is 0 Å². The average molecular weight is 184 g/mol. The summed E-state index contributed by atoms with van der Waals surface area (Å²) < 4.78 is 0. The number of hydrogen-bond acceptors (Lipinski definition) is 2. The van der Waals surface area contributed by atoms with Crippen molar-refractivity contribution in [1.29, 1.82) is 0 Å². The molecule has 0 unspecified atom stereocenters. The number of carboxylic acid groups (broad SMARTS) is 1. The van der Waals surface area contributed by atoms with Crippen molar-refractivity contribution in [2.24, 2.45) is 0 Å². The smallest absolute Gasteiger partial charge is 0.328 e. The molecule has 0 aromatic rings. The molecule has 2 N–H and O–H groups in total. The van der Waals surface area contributed by atoms with Crippen LogP contribution >= 0.6 is 0 Å². The van der Waals surface area contributed by atoms with Crippen molar-refractivity contribution in [2.75, 3.05) is 0 Å². The Balaban J connectivity index is 3.37. The van der Waals surface area contributed by atoms with E-state index in [-0.39, 0.29) is 6.10 Å². The predicted molar refractivity (Wildman–Crippen MR) is 51.4 cm³/mol. The highest BCUT2D eigenvalue weighted by molar-refractivity contribution is 5.80. The fraction of sp³-hybridized carbons (Fsp3) is 0.500. The molecule has 1 atom stereocenters. The van der Waals surface area contributed by atoms with E-state index in [1.807, 2.05) is 6.08 Å². The van der Waals surface area contributed by atoms with Crippen LogP contribution in [0.3, 0.4) is 0 Å². The molecule has 0 rings (SSSR count). The Kier molecular flexibility index (Phi) is 6.92. The van der Waals surface area contributed by atoms with Crippen LogP contribution in [0.5, 0.6) is 0 Å². The number of carboxylic acids is 1. The van der Waals surface area contributed by atoms with Gasteiger partial charge in [0.1, 0.15) is 0 Å². The van der Waals surface area contributed by atoms with Crippen LogP contribution in [0.25, 0.3) is 0 Å². The number of rotatable bonds is 6. The van der Waals surface area contributed by atoms with Gasteiger partial charge in [-0.05, 0) is 26.2 Å². The molecule has 74 valence electrons. The second kappa shape index (κ2) is 7.55. The van der Waals surface area contributed by atoms with Crippen molar-refractivity contribution in [2.45, 2.75) is 32.3 Å². The van der Waals surface area contributed by atoms with Gasteiger partial charge in [-0.3, -0.25) is 0 Å². The fourth-order valence-electron chi connectivity index (χ4n) is 0.844. The average Bonchev–Trinajstić information content (AvgIpc) is 2.01. The molecule has 0 amide bonds. The lowest BCUT2D eigenvalue weighted by atomic mass is 10.1. The molecule has 3 heteroatoms. The van der Waals surface area contributed by atoms with Gasteiger partial charge in [0.05, 0.1) is 6.10 Å². The van der Waals surface area contributed by atoms with Crippen LogP contribution in [0.4, 0.5) is 0 Å². The summed E-state index contributed by atoms with van der Waals surface area (Å²) in [6.07, 6.45) is 8.51. The minimum atomic E-state index is -0.936. The van der Waals surface area contributed by atoms with E-state index in [9.17, 15) is 4.79 Å². The maximum absolute atomic E-state index is 10.0. The zero-order chi connectivity index (χ0) is 10.1. The van der Waals surface area contributed by atoms with E-state index < -0.39 is 5.97 Å². The summed E-state index contributed by atoms with van der Waals surface area (Å²) in [5, 5.41) is 17.1. The van der Waals surface area contributed by atoms with E-state index in [4.69, 9.17) is 10.2 Å². The monoisotopic (exact) mass is 184 g/mol.